The Balaban J connectivity index is 2.32. The molecule has 1 aliphatic heterocycles. The molecule has 1 saturated heterocycles. The van der Waals surface area contributed by atoms with Crippen LogP contribution in [0, 0.1) is 5.92 Å². The molecule has 1 rings (SSSR count). The highest BCUT2D eigenvalue weighted by Crippen LogP contribution is 2.15. The van der Waals surface area contributed by atoms with Crippen molar-refractivity contribution in [2.75, 3.05) is 26.7 Å². The van der Waals surface area contributed by atoms with Gasteiger partial charge in [0.2, 0.25) is 5.96 Å². The van der Waals surface area contributed by atoms with Gasteiger partial charge in [0, 0.05) is 12.6 Å². The molecule has 0 aromatic carbocycles. The molecule has 0 amide bonds. The maximum atomic E-state index is 5.41. The Morgan fingerprint density at radius 1 is 1.44 bits per heavy atom. The lowest BCUT2D eigenvalue weighted by Gasteiger charge is -2.28. The third-order valence-corrected chi connectivity index (χ3v) is 2.91. The van der Waals surface area contributed by atoms with Crippen molar-refractivity contribution in [1.82, 2.24) is 15.6 Å². The summed E-state index contributed by atoms with van der Waals surface area (Å²) in [6, 6.07) is 0.354. The zero-order valence-corrected chi connectivity index (χ0v) is 10.7. The summed E-state index contributed by atoms with van der Waals surface area (Å²) in [6.45, 7) is 7.38. The summed E-state index contributed by atoms with van der Waals surface area (Å²) in [7, 11) is 2.17. The molecule has 1 heterocycles. The summed E-state index contributed by atoms with van der Waals surface area (Å²) in [5.74, 6) is 6.81. The van der Waals surface area contributed by atoms with Gasteiger partial charge in [0.25, 0.3) is 0 Å². The minimum absolute atomic E-state index is 0.354. The average molecular weight is 227 g/mol. The van der Waals surface area contributed by atoms with Crippen molar-refractivity contribution in [3.8, 4) is 0 Å². The number of hydrazine groups is 1. The SMILES string of the molecule is CC(C)NC(=NCC1CCN(C)CC1)NN. The van der Waals surface area contributed by atoms with Crippen molar-refractivity contribution in [2.45, 2.75) is 32.7 Å². The van der Waals surface area contributed by atoms with E-state index in [4.69, 9.17) is 5.84 Å². The number of nitrogens with zero attached hydrogens (tertiary/aromatic N) is 2. The number of nitrogens with two attached hydrogens (primary N) is 1. The minimum Gasteiger partial charge on any atom is -0.353 e. The maximum absolute atomic E-state index is 5.41. The molecule has 0 bridgehead atoms. The van der Waals surface area contributed by atoms with E-state index in [0.29, 0.717) is 17.9 Å². The van der Waals surface area contributed by atoms with Crippen LogP contribution in [0.2, 0.25) is 0 Å². The number of rotatable bonds is 3. The lowest BCUT2D eigenvalue weighted by atomic mass is 9.97. The highest BCUT2D eigenvalue weighted by atomic mass is 15.3. The molecule has 0 spiro atoms. The molecule has 16 heavy (non-hydrogen) atoms. The van der Waals surface area contributed by atoms with Crippen molar-refractivity contribution in [3.63, 3.8) is 0 Å². The van der Waals surface area contributed by atoms with Crippen LogP contribution in [0.15, 0.2) is 4.99 Å². The molecule has 5 heteroatoms. The van der Waals surface area contributed by atoms with E-state index >= 15 is 0 Å². The molecule has 4 N–H and O–H groups in total. The standard InChI is InChI=1S/C11H25N5/c1-9(2)14-11(15-12)13-8-10-4-6-16(3)7-5-10/h9-10H,4-8,12H2,1-3H3,(H2,13,14,15). The Bertz CT molecular complexity index is 218. The molecule has 0 unspecified atom stereocenters. The minimum atomic E-state index is 0.354. The molecule has 94 valence electrons. The van der Waals surface area contributed by atoms with Gasteiger partial charge in [0.15, 0.2) is 0 Å². The van der Waals surface area contributed by atoms with Gasteiger partial charge in [-0.15, -0.1) is 0 Å². The highest BCUT2D eigenvalue weighted by molar-refractivity contribution is 5.79. The van der Waals surface area contributed by atoms with Gasteiger partial charge >= 0.3 is 0 Å². The largest absolute Gasteiger partial charge is 0.353 e. The van der Waals surface area contributed by atoms with E-state index < -0.39 is 0 Å². The number of piperidine rings is 1. The number of hydrogen-bond acceptors (Lipinski definition) is 3. The third-order valence-electron chi connectivity index (χ3n) is 2.91. The predicted molar refractivity (Wildman–Crippen MR) is 68.1 cm³/mol. The van der Waals surface area contributed by atoms with Crippen molar-refractivity contribution < 1.29 is 0 Å². The molecule has 5 nitrogen and oxygen atoms in total. The van der Waals surface area contributed by atoms with Gasteiger partial charge in [-0.05, 0) is 52.7 Å². The second kappa shape index (κ2) is 6.70. The second-order valence-electron chi connectivity index (χ2n) is 4.88. The summed E-state index contributed by atoms with van der Waals surface area (Å²) in [5, 5.41) is 3.18. The lowest BCUT2D eigenvalue weighted by Crippen LogP contribution is -2.45. The number of guanidine groups is 1. The summed E-state index contributed by atoms with van der Waals surface area (Å²) in [5.41, 5.74) is 2.61. The predicted octanol–water partition coefficient (Wildman–Crippen LogP) is 0.146. The van der Waals surface area contributed by atoms with Gasteiger partial charge in [-0.2, -0.15) is 0 Å². The first-order chi connectivity index (χ1) is 7.61. The molecule has 0 radical (unpaired) electrons. The Morgan fingerprint density at radius 3 is 2.56 bits per heavy atom. The first-order valence-corrected chi connectivity index (χ1v) is 6.08. The monoisotopic (exact) mass is 227 g/mol. The van der Waals surface area contributed by atoms with Gasteiger partial charge < -0.3 is 10.2 Å². The van der Waals surface area contributed by atoms with E-state index in [-0.39, 0.29) is 0 Å². The number of hydrogen-bond donors (Lipinski definition) is 3. The summed E-state index contributed by atoms with van der Waals surface area (Å²) >= 11 is 0. The van der Waals surface area contributed by atoms with Gasteiger partial charge in [-0.1, -0.05) is 0 Å². The van der Waals surface area contributed by atoms with Crippen LogP contribution in [0.5, 0.6) is 0 Å². The van der Waals surface area contributed by atoms with Crippen LogP contribution in [0.1, 0.15) is 26.7 Å². The van der Waals surface area contributed by atoms with E-state index in [1.807, 2.05) is 0 Å². The first-order valence-electron chi connectivity index (χ1n) is 6.08. The fourth-order valence-corrected chi connectivity index (χ4v) is 1.87. The van der Waals surface area contributed by atoms with Crippen molar-refractivity contribution >= 4 is 5.96 Å². The van der Waals surface area contributed by atoms with E-state index in [1.54, 1.807) is 0 Å². The van der Waals surface area contributed by atoms with E-state index in [2.05, 4.69) is 41.5 Å². The van der Waals surface area contributed by atoms with E-state index in [1.165, 1.54) is 25.9 Å². The van der Waals surface area contributed by atoms with E-state index in [0.717, 1.165) is 6.54 Å². The zero-order chi connectivity index (χ0) is 12.0. The van der Waals surface area contributed by atoms with Crippen LogP contribution in [-0.2, 0) is 0 Å². The molecular weight excluding hydrogens is 202 g/mol. The van der Waals surface area contributed by atoms with Crippen LogP contribution in [-0.4, -0.2) is 43.6 Å². The van der Waals surface area contributed by atoms with Crippen LogP contribution in [0.3, 0.4) is 0 Å². The summed E-state index contributed by atoms with van der Waals surface area (Å²) in [6.07, 6.45) is 2.47. The van der Waals surface area contributed by atoms with E-state index in [9.17, 15) is 0 Å². The van der Waals surface area contributed by atoms with Crippen molar-refractivity contribution in [1.29, 1.82) is 0 Å². The van der Waals surface area contributed by atoms with Crippen molar-refractivity contribution in [3.05, 3.63) is 0 Å². The summed E-state index contributed by atoms with van der Waals surface area (Å²) in [4.78, 5) is 6.85. The quantitative estimate of drug-likeness (QED) is 0.278. The first kappa shape index (κ1) is 13.3. The normalized spacial score (nSPS) is 20.2. The number of likely N-dealkylation sites (tertiary alicyclic amines) is 1. The third kappa shape index (κ3) is 4.81. The Kier molecular flexibility index (Phi) is 5.55. The van der Waals surface area contributed by atoms with Gasteiger partial charge in [0.05, 0.1) is 0 Å². The smallest absolute Gasteiger partial charge is 0.205 e. The average Bonchev–Trinajstić information content (AvgIpc) is 2.26. The molecule has 0 aromatic heterocycles. The van der Waals surface area contributed by atoms with Crippen LogP contribution in [0.4, 0.5) is 0 Å². The second-order valence-corrected chi connectivity index (χ2v) is 4.88. The zero-order valence-electron chi connectivity index (χ0n) is 10.7. The Morgan fingerprint density at radius 2 is 2.06 bits per heavy atom. The van der Waals surface area contributed by atoms with Crippen LogP contribution >= 0.6 is 0 Å². The van der Waals surface area contributed by atoms with Gasteiger partial charge in [-0.3, -0.25) is 10.4 Å². The molecule has 0 aliphatic carbocycles. The molecule has 0 aromatic rings. The van der Waals surface area contributed by atoms with Crippen LogP contribution in [0.25, 0.3) is 0 Å². The lowest BCUT2D eigenvalue weighted by molar-refractivity contribution is 0.223. The molecule has 1 fully saturated rings. The molecule has 0 atom stereocenters. The number of aliphatic imine (C=N–C) groups is 1. The molecule has 0 saturated carbocycles. The fourth-order valence-electron chi connectivity index (χ4n) is 1.87. The highest BCUT2D eigenvalue weighted by Gasteiger charge is 2.16. The van der Waals surface area contributed by atoms with Gasteiger partial charge in [0.1, 0.15) is 0 Å². The van der Waals surface area contributed by atoms with Crippen LogP contribution < -0.4 is 16.6 Å². The van der Waals surface area contributed by atoms with Gasteiger partial charge in [-0.25, -0.2) is 5.84 Å². The maximum Gasteiger partial charge on any atom is 0.205 e. The fraction of sp³-hybridized carbons (Fsp3) is 0.909. The number of nitrogens with one attached hydrogen (secondary N) is 2. The summed E-state index contributed by atoms with van der Waals surface area (Å²) < 4.78 is 0. The van der Waals surface area contributed by atoms with Crippen molar-refractivity contribution in [2.24, 2.45) is 16.8 Å². The Hall–Kier alpha value is -0.810. The Labute approximate surface area is 98.4 Å². The topological polar surface area (TPSA) is 65.7 Å². The molecular formula is C11H25N5. The molecule has 1 aliphatic rings.